The van der Waals surface area contributed by atoms with Crippen molar-refractivity contribution in [3.8, 4) is 0 Å². The summed E-state index contributed by atoms with van der Waals surface area (Å²) in [5, 5.41) is 17.6. The average molecular weight is 1730 g/mol. The normalized spacial score (nSPS) is 11.7. The van der Waals surface area contributed by atoms with Crippen LogP contribution in [-0.4, -0.2) is 176 Å². The number of Topliss-reactive ketones (excluding diaryl/α,β-unsaturated/α-hetero) is 1. The molecule has 0 aliphatic rings. The van der Waals surface area contributed by atoms with Gasteiger partial charge in [0, 0.05) is 155 Å². The van der Waals surface area contributed by atoms with E-state index in [0.717, 1.165) is 110 Å². The van der Waals surface area contributed by atoms with Crippen molar-refractivity contribution >= 4 is 145 Å². The third-order valence-corrected chi connectivity index (χ3v) is 25.3. The van der Waals surface area contributed by atoms with E-state index >= 15 is 0 Å². The van der Waals surface area contributed by atoms with E-state index < -0.39 is 16.0 Å². The van der Waals surface area contributed by atoms with E-state index in [1.54, 1.807) is 48.1 Å². The molecule has 0 aliphatic heterocycles. The van der Waals surface area contributed by atoms with Gasteiger partial charge in [-0.1, -0.05) is 148 Å². The van der Waals surface area contributed by atoms with Gasteiger partial charge in [0.05, 0.1) is 11.4 Å². The molecular weight excluding hydrogens is 1610 g/mol. The van der Waals surface area contributed by atoms with Crippen LogP contribution in [-0.2, 0) is 48.1 Å². The maximum absolute atomic E-state index is 11.8. The third kappa shape index (κ3) is 31.4. The fraction of sp³-hybridized carbons (Fsp3) is 0.304. The second kappa shape index (κ2) is 51.0. The number of carbonyl (C=O) groups excluding carboxylic acids is 1. The van der Waals surface area contributed by atoms with Crippen LogP contribution in [0.5, 0.6) is 0 Å². The molecule has 5 aromatic carbocycles. The molecular formula is C92H112BrLi2N9O6S6. The summed E-state index contributed by atoms with van der Waals surface area (Å²) in [6, 6.07) is 65.7. The Balaban J connectivity index is 0.000000294. The van der Waals surface area contributed by atoms with E-state index in [-0.39, 0.29) is 44.9 Å². The molecule has 14 aromatic rings. The van der Waals surface area contributed by atoms with Gasteiger partial charge in [-0.15, -0.1) is 56.7 Å². The van der Waals surface area contributed by atoms with Gasteiger partial charge < -0.3 is 41.5 Å². The number of unbranched alkanes of at least 4 members (excludes halogenated alkanes) is 1. The number of fused-ring (bicyclic) bond motifs is 5. The van der Waals surface area contributed by atoms with Crippen LogP contribution in [0, 0.1) is 13.1 Å². The molecule has 9 heterocycles. The Morgan fingerprint density at radius 2 is 0.871 bits per heavy atom. The summed E-state index contributed by atoms with van der Waals surface area (Å²) in [7, 11) is 16.3. The average Bonchev–Trinajstić information content (AvgIpc) is 1.63. The number of pyridine rings is 4. The minimum atomic E-state index is -4.67. The van der Waals surface area contributed by atoms with E-state index in [0.29, 0.717) is 11.6 Å². The second-order valence-electron chi connectivity index (χ2n) is 28.5. The number of carbonyl (C=O) groups is 1. The summed E-state index contributed by atoms with van der Waals surface area (Å²) in [5.41, 5.74) is 7.37. The summed E-state index contributed by atoms with van der Waals surface area (Å²) < 4.78 is 39.4. The molecule has 0 amide bonds. The number of halogens is 1. The Kier molecular flexibility index (Phi) is 43.8. The van der Waals surface area contributed by atoms with Gasteiger partial charge in [0.15, 0.2) is 5.78 Å². The quantitative estimate of drug-likeness (QED) is 0.0238. The monoisotopic (exact) mass is 1720 g/mol. The summed E-state index contributed by atoms with van der Waals surface area (Å²) in [6.07, 6.45) is 17.2. The van der Waals surface area contributed by atoms with Crippen LogP contribution in [0.15, 0.2) is 230 Å². The first-order chi connectivity index (χ1) is 54.5. The summed E-state index contributed by atoms with van der Waals surface area (Å²) in [6.45, 7) is 21.0. The van der Waals surface area contributed by atoms with E-state index in [1.165, 1.54) is 86.1 Å². The minimum Gasteiger partial charge on any atom is -0.394 e. The van der Waals surface area contributed by atoms with Crippen molar-refractivity contribution in [2.75, 3.05) is 103 Å². The van der Waals surface area contributed by atoms with Crippen LogP contribution < -0.4 is 37.7 Å². The number of nitrogens with zero attached hydrogens (tertiary/aromatic N) is 9. The standard InChI is InChI=1S/C19H22N2OS.C19H22N2S.C19H20N2S.C14H17NOS.C12H14BrNS.C5H4N.C4H9.2Li.H2O4S.H2/c1-19(22,17-10-6-7-12-20-17)18-14-8-4-5-9-15(14)23-16(18)11-13-21(2)3;2*1-14(16-9-6-7-12-20-16)19-15-8-4-5-10-17(15)22-18(19)11-13-21(2)3;1-10(16)14-11-6-4-5-7-12(11)17-13(14)8-9-15(2)3;1-14(2)8-7-11-12(13)9-5-3-4-6-10(9)15-11;1-2-4-6-5-3-1;1-3-4-2;;;1-5(2,3)4;/h4-10,12,22H,11,13H2,1-3H3;4-10,12,14H,11,13H2,1-3H3;4-10,12H,1,11,13H2,2-3H3;4-7H,8-9H2,1-3H3;3-6H,7-8H2,1-2H3;1-4H;1,3-4H2,2H3;;;(H2,1,2,3,4);1H/q;;;;;2*-1;2*+1;;. The van der Waals surface area contributed by atoms with Crippen LogP contribution >= 0.6 is 72.6 Å². The molecule has 0 saturated heterocycles. The zero-order valence-corrected chi connectivity index (χ0v) is 76.7. The van der Waals surface area contributed by atoms with Gasteiger partial charge in [0.1, 0.15) is 5.60 Å². The van der Waals surface area contributed by atoms with Crippen LogP contribution in [0.4, 0.5) is 0 Å². The van der Waals surface area contributed by atoms with Crippen molar-refractivity contribution in [1.82, 2.24) is 44.4 Å². The molecule has 0 saturated carbocycles. The first-order valence-electron chi connectivity index (χ1n) is 37.9. The van der Waals surface area contributed by atoms with Crippen LogP contribution in [0.2, 0.25) is 0 Å². The molecule has 2 unspecified atom stereocenters. The molecule has 606 valence electrons. The first kappa shape index (κ1) is 99.8. The smallest absolute Gasteiger partial charge is 0.394 e. The van der Waals surface area contributed by atoms with Gasteiger partial charge in [0.25, 0.3) is 0 Å². The van der Waals surface area contributed by atoms with E-state index in [4.69, 9.17) is 17.5 Å². The van der Waals surface area contributed by atoms with Crippen LogP contribution in [0.3, 0.4) is 0 Å². The maximum atomic E-state index is 11.8. The molecule has 3 N–H and O–H groups in total. The number of aliphatic hydroxyl groups is 1. The van der Waals surface area contributed by atoms with Crippen molar-refractivity contribution in [2.24, 2.45) is 0 Å². The zero-order chi connectivity index (χ0) is 82.9. The largest absolute Gasteiger partial charge is 1.00 e. The van der Waals surface area contributed by atoms with E-state index in [1.807, 2.05) is 138 Å². The van der Waals surface area contributed by atoms with Crippen LogP contribution in [0.25, 0.3) is 56.0 Å². The summed E-state index contributed by atoms with van der Waals surface area (Å²) >= 11 is 12.9. The van der Waals surface area contributed by atoms with E-state index in [2.05, 4.69) is 268 Å². The molecule has 14 rings (SSSR count). The summed E-state index contributed by atoms with van der Waals surface area (Å²) in [4.78, 5) is 46.7. The number of aromatic nitrogens is 4. The Morgan fingerprint density at radius 3 is 1.28 bits per heavy atom. The second-order valence-corrected chi connectivity index (χ2v) is 35.9. The predicted molar refractivity (Wildman–Crippen MR) is 495 cm³/mol. The van der Waals surface area contributed by atoms with Crippen molar-refractivity contribution in [3.63, 3.8) is 0 Å². The van der Waals surface area contributed by atoms with Gasteiger partial charge in [-0.2, -0.15) is 33.0 Å². The fourth-order valence-electron chi connectivity index (χ4n) is 12.2. The SMILES string of the molecule is C=C(c1ccccn1)c1c(CCN(C)C)sc2ccccc12.CC(=O)c1c(CCN(C)C)sc2ccccc12.CC(c1ccccn1)c1c(CCN(C)C)sc2ccccc12.CN(C)CCc1sc2ccccc2c1Br.CN(C)CCc1sc2ccccc2c1C(C)(O)c1ccccn1.O=S(=O)(O)O.[CH2-]CCC.[HH].[Li+].[Li+].[c-]1ccccn1. The number of hydrogen-bond donors (Lipinski definition) is 3. The molecule has 0 fully saturated rings. The van der Waals surface area contributed by atoms with Crippen molar-refractivity contribution in [1.29, 1.82) is 0 Å². The Hall–Kier alpha value is -6.79. The third-order valence-electron chi connectivity index (χ3n) is 18.0. The number of hydrogen-bond acceptors (Lipinski definition) is 18. The Bertz CT molecular complexity index is 5300. The number of rotatable bonds is 23. The summed E-state index contributed by atoms with van der Waals surface area (Å²) in [5.74, 6) is 0.505. The minimum absolute atomic E-state index is 0. The first-order valence-corrected chi connectivity index (χ1v) is 44.1. The molecule has 15 nitrogen and oxygen atoms in total. The number of likely N-dealkylation sites (N-methyl/N-ethyl adjacent to an activating group) is 5. The number of ketones is 1. The van der Waals surface area contributed by atoms with Gasteiger partial charge in [-0.05, 0) is 215 Å². The molecule has 0 radical (unpaired) electrons. The molecule has 24 heteroatoms. The molecule has 0 bridgehead atoms. The topological polar surface area (TPSA) is 180 Å². The van der Waals surface area contributed by atoms with Gasteiger partial charge in [-0.3, -0.25) is 28.9 Å². The zero-order valence-electron chi connectivity index (χ0n) is 70.2. The number of thiophene rings is 5. The fourth-order valence-corrected chi connectivity index (χ4v) is 19.3. The molecule has 9 aromatic heterocycles. The maximum Gasteiger partial charge on any atom is 1.00 e. The Labute approximate surface area is 743 Å². The molecule has 0 spiro atoms. The van der Waals surface area contributed by atoms with E-state index in [9.17, 15) is 9.90 Å². The van der Waals surface area contributed by atoms with Gasteiger partial charge in [-0.25, -0.2) is 0 Å². The molecule has 116 heavy (non-hydrogen) atoms. The van der Waals surface area contributed by atoms with Gasteiger partial charge in [0.2, 0.25) is 0 Å². The molecule has 0 aliphatic carbocycles. The Morgan fingerprint density at radius 1 is 0.509 bits per heavy atom. The van der Waals surface area contributed by atoms with Crippen molar-refractivity contribution < 1.29 is 66.6 Å². The molecule has 2 atom stereocenters. The predicted octanol–water partition coefficient (Wildman–Crippen LogP) is 15.7. The van der Waals surface area contributed by atoms with Crippen molar-refractivity contribution in [3.05, 3.63) is 307 Å². The van der Waals surface area contributed by atoms with Crippen LogP contribution in [0.1, 0.15) is 116 Å². The van der Waals surface area contributed by atoms with Crippen molar-refractivity contribution in [2.45, 2.75) is 84.2 Å². The number of benzene rings is 5. The van der Waals surface area contributed by atoms with Gasteiger partial charge >= 0.3 is 48.1 Å².